The van der Waals surface area contributed by atoms with Crippen molar-refractivity contribution in [2.75, 3.05) is 19.7 Å². The predicted octanol–water partition coefficient (Wildman–Crippen LogP) is 3.59. The number of nitrogens with zero attached hydrogens (tertiary/aromatic N) is 3. The quantitative estimate of drug-likeness (QED) is 0.749. The second-order valence-electron chi connectivity index (χ2n) is 8.02. The molecule has 0 radical (unpaired) electrons. The molecule has 1 saturated heterocycles. The molecule has 154 valence electrons. The molecular weight excluding hydrogens is 390 g/mol. The van der Waals surface area contributed by atoms with Gasteiger partial charge in [0.15, 0.2) is 0 Å². The second-order valence-corrected chi connectivity index (χ2v) is 9.27. The van der Waals surface area contributed by atoms with Crippen molar-refractivity contribution in [1.82, 2.24) is 4.90 Å². The smallest absolute Gasteiger partial charge is 0.410 e. The van der Waals surface area contributed by atoms with Gasteiger partial charge >= 0.3 is 6.09 Å². The summed E-state index contributed by atoms with van der Waals surface area (Å²) in [6.07, 6.45) is 1.11. The minimum absolute atomic E-state index is 0.0817. The van der Waals surface area contributed by atoms with Gasteiger partial charge < -0.3 is 14.4 Å². The average Bonchev–Trinajstić information content (AvgIpc) is 3.06. The summed E-state index contributed by atoms with van der Waals surface area (Å²) in [7, 11) is -1.26. The average molecular weight is 416 g/mol. The van der Waals surface area contributed by atoms with E-state index in [1.165, 1.54) is 0 Å². The molecule has 3 rings (SSSR count). The molecule has 0 aromatic heterocycles. The minimum Gasteiger partial charge on any atom is -0.487 e. The monoisotopic (exact) mass is 415 g/mol. The lowest BCUT2D eigenvalue weighted by atomic mass is 9.98. The first kappa shape index (κ1) is 21.1. The Morgan fingerprint density at radius 1 is 1.28 bits per heavy atom. The highest BCUT2D eigenvalue weighted by molar-refractivity contribution is 8.03. The maximum Gasteiger partial charge on any atom is 0.410 e. The van der Waals surface area contributed by atoms with Crippen molar-refractivity contribution < 1.29 is 18.5 Å². The van der Waals surface area contributed by atoms with E-state index in [4.69, 9.17) is 14.7 Å². The van der Waals surface area contributed by atoms with E-state index in [0.717, 1.165) is 0 Å². The molecule has 1 aromatic carbocycles. The summed E-state index contributed by atoms with van der Waals surface area (Å²) in [4.78, 5) is 18.4. The molecule has 8 heteroatoms. The lowest BCUT2D eigenvalue weighted by Crippen LogP contribution is -2.43. The van der Waals surface area contributed by atoms with E-state index in [-0.39, 0.29) is 18.6 Å². The number of benzene rings is 1. The molecule has 2 heterocycles. The highest BCUT2D eigenvalue weighted by Crippen LogP contribution is 2.26. The Morgan fingerprint density at radius 3 is 2.52 bits per heavy atom. The summed E-state index contributed by atoms with van der Waals surface area (Å²) in [5.41, 5.74) is 0.687. The lowest BCUT2D eigenvalue weighted by molar-refractivity contribution is 0.0202. The van der Waals surface area contributed by atoms with Crippen molar-refractivity contribution in [2.45, 2.75) is 39.2 Å². The summed E-state index contributed by atoms with van der Waals surface area (Å²) in [5, 5.41) is 11.1. The number of nitriles is 1. The topological polar surface area (TPSA) is 92.0 Å². The number of carbonyl (C=O) groups excluding carboxylic acids is 1. The Balaban J connectivity index is 1.52. The maximum absolute atomic E-state index is 12.5. The Bertz CT molecular complexity index is 886. The van der Waals surface area contributed by atoms with Crippen LogP contribution in [0.15, 0.2) is 40.4 Å². The van der Waals surface area contributed by atoms with Crippen molar-refractivity contribution in [3.05, 3.63) is 40.9 Å². The van der Waals surface area contributed by atoms with E-state index in [1.54, 1.807) is 34.6 Å². The van der Waals surface area contributed by atoms with Crippen LogP contribution < -0.4 is 4.74 Å². The number of ether oxygens (including phenoxy) is 2. The number of rotatable bonds is 4. The first-order valence-electron chi connectivity index (χ1n) is 9.56. The van der Waals surface area contributed by atoms with Gasteiger partial charge in [-0.15, -0.1) is 0 Å². The molecule has 29 heavy (non-hydrogen) atoms. The van der Waals surface area contributed by atoms with Gasteiger partial charge in [-0.2, -0.15) is 5.26 Å². The zero-order valence-corrected chi connectivity index (χ0v) is 17.7. The van der Waals surface area contributed by atoms with Crippen LogP contribution in [0.3, 0.4) is 0 Å². The fourth-order valence-corrected chi connectivity index (χ4v) is 4.40. The van der Waals surface area contributed by atoms with Gasteiger partial charge in [-0.1, -0.05) is 0 Å². The van der Waals surface area contributed by atoms with E-state index >= 15 is 0 Å². The van der Waals surface area contributed by atoms with Gasteiger partial charge in [0.2, 0.25) is 0 Å². The molecule has 7 nitrogen and oxygen atoms in total. The van der Waals surface area contributed by atoms with Gasteiger partial charge in [0.1, 0.15) is 23.0 Å². The van der Waals surface area contributed by atoms with Gasteiger partial charge in [0, 0.05) is 24.4 Å². The molecule has 0 N–H and O–H groups in total. The number of hydrogen-bond acceptors (Lipinski definition) is 6. The third-order valence-corrected chi connectivity index (χ3v) is 5.89. The maximum atomic E-state index is 12.5. The normalized spacial score (nSPS) is 19.9. The number of carbonyl (C=O) groups is 1. The molecule has 1 fully saturated rings. The summed E-state index contributed by atoms with van der Waals surface area (Å²) in [5.74, 6) is 0.711. The minimum atomic E-state index is -1.26. The fraction of sp³-hybridized carbons (Fsp3) is 0.476. The Labute approximate surface area is 173 Å². The SMILES string of the molecule is CC(C)(C)OC(=O)N1CCC(C2=NC(COc3ccc(C#N)cc3)=CS2=O)CC1. The molecular formula is C21H25N3O4S. The first-order chi connectivity index (χ1) is 13.7. The zero-order chi connectivity index (χ0) is 21.0. The molecule has 1 atom stereocenters. The lowest BCUT2D eigenvalue weighted by Gasteiger charge is -2.33. The van der Waals surface area contributed by atoms with Crippen LogP contribution in [0.25, 0.3) is 0 Å². The van der Waals surface area contributed by atoms with E-state index in [0.29, 0.717) is 48.0 Å². The Kier molecular flexibility index (Phi) is 6.38. The molecule has 2 aliphatic rings. The number of likely N-dealkylation sites (tertiary alicyclic amines) is 1. The summed E-state index contributed by atoms with van der Waals surface area (Å²) >= 11 is 0. The number of hydrogen-bond donors (Lipinski definition) is 0. The summed E-state index contributed by atoms with van der Waals surface area (Å²) < 4.78 is 23.6. The molecule has 1 amide bonds. The molecule has 2 aliphatic heterocycles. The molecule has 0 bridgehead atoms. The third-order valence-electron chi connectivity index (χ3n) is 4.57. The van der Waals surface area contributed by atoms with Gasteiger partial charge in [-0.05, 0) is 57.9 Å². The van der Waals surface area contributed by atoms with E-state index in [2.05, 4.69) is 11.1 Å². The molecule has 0 aliphatic carbocycles. The van der Waals surface area contributed by atoms with Crippen LogP contribution in [0.5, 0.6) is 5.75 Å². The van der Waals surface area contributed by atoms with Gasteiger partial charge in [-0.25, -0.2) is 14.0 Å². The Hall–Kier alpha value is -2.66. The van der Waals surface area contributed by atoms with Crippen LogP contribution in [0.1, 0.15) is 39.2 Å². The molecule has 0 saturated carbocycles. The number of amides is 1. The predicted molar refractivity (Wildman–Crippen MR) is 111 cm³/mol. The molecule has 0 spiro atoms. The fourth-order valence-electron chi connectivity index (χ4n) is 3.14. The zero-order valence-electron chi connectivity index (χ0n) is 16.9. The Morgan fingerprint density at radius 2 is 1.93 bits per heavy atom. The van der Waals surface area contributed by atoms with Crippen LogP contribution in [-0.4, -0.2) is 45.5 Å². The van der Waals surface area contributed by atoms with Crippen molar-refractivity contribution >= 4 is 21.9 Å². The highest BCUT2D eigenvalue weighted by atomic mass is 32.2. The van der Waals surface area contributed by atoms with Crippen molar-refractivity contribution in [1.29, 1.82) is 5.26 Å². The molecule has 1 aromatic rings. The summed E-state index contributed by atoms with van der Waals surface area (Å²) in [6.45, 7) is 6.89. The van der Waals surface area contributed by atoms with Crippen molar-refractivity contribution in [2.24, 2.45) is 10.9 Å². The van der Waals surface area contributed by atoms with Crippen molar-refractivity contribution in [3.8, 4) is 11.8 Å². The highest BCUT2D eigenvalue weighted by Gasteiger charge is 2.32. The van der Waals surface area contributed by atoms with E-state index in [1.807, 2.05) is 20.8 Å². The van der Waals surface area contributed by atoms with Crippen LogP contribution in [0.4, 0.5) is 4.79 Å². The van der Waals surface area contributed by atoms with Gasteiger partial charge in [-0.3, -0.25) is 0 Å². The standard InChI is InChI=1S/C21H25N3O4S/c1-21(2,3)28-20(25)24-10-8-16(9-11-24)19-23-17(14-29(19)26)13-27-18-6-4-15(12-22)5-7-18/h4-7,14,16H,8-11,13H2,1-3H3. The van der Waals surface area contributed by atoms with E-state index < -0.39 is 16.4 Å². The number of piperidine rings is 1. The van der Waals surface area contributed by atoms with Crippen LogP contribution in [0.2, 0.25) is 0 Å². The van der Waals surface area contributed by atoms with Crippen LogP contribution >= 0.6 is 0 Å². The second kappa shape index (κ2) is 8.78. The summed E-state index contributed by atoms with van der Waals surface area (Å²) in [6, 6.07) is 8.88. The van der Waals surface area contributed by atoms with Crippen LogP contribution in [0, 0.1) is 17.2 Å². The largest absolute Gasteiger partial charge is 0.487 e. The van der Waals surface area contributed by atoms with Gasteiger partial charge in [0.25, 0.3) is 0 Å². The van der Waals surface area contributed by atoms with Crippen molar-refractivity contribution in [3.63, 3.8) is 0 Å². The van der Waals surface area contributed by atoms with Gasteiger partial charge in [0.05, 0.1) is 28.1 Å². The van der Waals surface area contributed by atoms with E-state index in [9.17, 15) is 9.00 Å². The van der Waals surface area contributed by atoms with Crippen LogP contribution in [-0.2, 0) is 15.5 Å². The number of aliphatic imine (C=N–C) groups is 1. The first-order valence-corrected chi connectivity index (χ1v) is 10.8. The third kappa shape index (κ3) is 5.67. The molecule has 1 unspecified atom stereocenters.